The predicted octanol–water partition coefficient (Wildman–Crippen LogP) is 5.00. The molecule has 14 heteroatoms. The van der Waals surface area contributed by atoms with E-state index in [2.05, 4.69) is 47.5 Å². The van der Waals surface area contributed by atoms with Crippen molar-refractivity contribution in [2.75, 3.05) is 57.3 Å². The van der Waals surface area contributed by atoms with Crippen molar-refractivity contribution in [3.05, 3.63) is 88.9 Å². The number of benzene rings is 1. The second-order valence-corrected chi connectivity index (χ2v) is 16.8. The van der Waals surface area contributed by atoms with Crippen molar-refractivity contribution in [1.82, 2.24) is 40.5 Å². The SMILES string of the molecule is O=C(/C=C/c1cccnc1)NCCCCC1CCN(C(=O)c2ccc(N3CCN(CCCCCCCC#Cc4cccc5c4CN(C4CCC(=O)NC4=O)C5=O)CC3)nn2)CC1. The lowest BCUT2D eigenvalue weighted by Crippen LogP contribution is -2.52. The van der Waals surface area contributed by atoms with Crippen LogP contribution in [0.4, 0.5) is 5.82 Å². The van der Waals surface area contributed by atoms with Crippen molar-refractivity contribution in [2.24, 2.45) is 5.92 Å². The molecule has 2 N–H and O–H groups in total. The molecule has 326 valence electrons. The van der Waals surface area contributed by atoms with Crippen molar-refractivity contribution >= 4 is 41.4 Å². The summed E-state index contributed by atoms with van der Waals surface area (Å²) in [5.74, 6) is 6.99. The van der Waals surface area contributed by atoms with Crippen molar-refractivity contribution in [1.29, 1.82) is 0 Å². The van der Waals surface area contributed by atoms with E-state index < -0.39 is 11.9 Å². The fourth-order valence-electron chi connectivity index (χ4n) is 8.81. The summed E-state index contributed by atoms with van der Waals surface area (Å²) >= 11 is 0. The number of rotatable bonds is 17. The Morgan fingerprint density at radius 2 is 1.68 bits per heavy atom. The lowest BCUT2D eigenvalue weighted by Gasteiger charge is -2.35. The van der Waals surface area contributed by atoms with Crippen LogP contribution >= 0.6 is 0 Å². The Labute approximate surface area is 364 Å². The molecule has 3 aromatic rings. The molecule has 7 rings (SSSR count). The minimum atomic E-state index is -0.623. The maximum absolute atomic E-state index is 13.2. The molecule has 3 fully saturated rings. The first-order valence-corrected chi connectivity index (χ1v) is 22.5. The number of likely N-dealkylation sites (tertiary alicyclic amines) is 1. The van der Waals surface area contributed by atoms with Gasteiger partial charge in [-0.15, -0.1) is 10.2 Å². The highest BCUT2D eigenvalue weighted by atomic mass is 16.2. The number of unbranched alkanes of at least 4 members (excludes halogenated alkanes) is 6. The Hall–Kier alpha value is -5.94. The molecule has 0 aliphatic carbocycles. The van der Waals surface area contributed by atoms with Crippen LogP contribution < -0.4 is 15.5 Å². The van der Waals surface area contributed by atoms with E-state index in [4.69, 9.17) is 0 Å². The van der Waals surface area contributed by atoms with Crippen molar-refractivity contribution in [2.45, 2.75) is 96.1 Å². The largest absolute Gasteiger partial charge is 0.353 e. The van der Waals surface area contributed by atoms with Crippen molar-refractivity contribution in [3.8, 4) is 11.8 Å². The second-order valence-electron chi connectivity index (χ2n) is 16.8. The summed E-state index contributed by atoms with van der Waals surface area (Å²) in [6, 6.07) is 12.5. The number of amides is 5. The number of pyridine rings is 1. The van der Waals surface area contributed by atoms with E-state index in [0.29, 0.717) is 36.7 Å². The zero-order valence-electron chi connectivity index (χ0n) is 35.7. The summed E-state index contributed by atoms with van der Waals surface area (Å²) in [4.78, 5) is 74.7. The molecule has 14 nitrogen and oxygen atoms in total. The number of hydrogen-bond acceptors (Lipinski definition) is 10. The van der Waals surface area contributed by atoms with Gasteiger partial charge < -0.3 is 20.0 Å². The molecule has 0 bridgehead atoms. The average Bonchev–Trinajstić information content (AvgIpc) is 3.64. The zero-order valence-corrected chi connectivity index (χ0v) is 35.7. The number of piperazine rings is 1. The molecule has 2 aromatic heterocycles. The van der Waals surface area contributed by atoms with Crippen LogP contribution in [0.3, 0.4) is 0 Å². The maximum Gasteiger partial charge on any atom is 0.274 e. The smallest absolute Gasteiger partial charge is 0.274 e. The molecule has 62 heavy (non-hydrogen) atoms. The van der Waals surface area contributed by atoms with Crippen LogP contribution in [-0.2, 0) is 20.9 Å². The number of fused-ring (bicyclic) bond motifs is 1. The average molecular weight is 842 g/mol. The number of aromatic nitrogens is 3. The first-order chi connectivity index (χ1) is 30.3. The Bertz CT molecular complexity index is 2120. The highest BCUT2D eigenvalue weighted by molar-refractivity contribution is 6.05. The van der Waals surface area contributed by atoms with E-state index in [-0.39, 0.29) is 30.0 Å². The highest BCUT2D eigenvalue weighted by Gasteiger charge is 2.39. The van der Waals surface area contributed by atoms with Crippen LogP contribution in [0, 0.1) is 17.8 Å². The van der Waals surface area contributed by atoms with E-state index in [1.807, 2.05) is 41.3 Å². The predicted molar refractivity (Wildman–Crippen MR) is 237 cm³/mol. The van der Waals surface area contributed by atoms with Gasteiger partial charge in [-0.05, 0) is 98.5 Å². The number of anilines is 1. The molecule has 0 saturated carbocycles. The van der Waals surface area contributed by atoms with Gasteiger partial charge in [0.25, 0.3) is 11.8 Å². The molecule has 0 spiro atoms. The van der Waals surface area contributed by atoms with Crippen LogP contribution in [0.15, 0.2) is 60.9 Å². The highest BCUT2D eigenvalue weighted by Crippen LogP contribution is 2.30. The maximum atomic E-state index is 13.2. The molecular formula is C48H59N9O5. The van der Waals surface area contributed by atoms with Crippen molar-refractivity contribution < 1.29 is 24.0 Å². The molecule has 4 aliphatic heterocycles. The minimum Gasteiger partial charge on any atom is -0.353 e. The van der Waals surface area contributed by atoms with Gasteiger partial charge in [0.15, 0.2) is 11.5 Å². The van der Waals surface area contributed by atoms with Crippen LogP contribution in [-0.4, -0.2) is 118 Å². The number of carbonyl (C=O) groups is 5. The zero-order chi connectivity index (χ0) is 43.1. The van der Waals surface area contributed by atoms with E-state index in [1.54, 1.807) is 35.5 Å². The molecular weight excluding hydrogens is 783 g/mol. The lowest BCUT2D eigenvalue weighted by atomic mass is 9.91. The fraction of sp³-hybridized carbons (Fsp3) is 0.500. The van der Waals surface area contributed by atoms with Gasteiger partial charge in [-0.3, -0.25) is 39.2 Å². The monoisotopic (exact) mass is 841 g/mol. The van der Waals surface area contributed by atoms with E-state index in [9.17, 15) is 24.0 Å². The molecule has 4 aliphatic rings. The molecule has 6 heterocycles. The molecule has 1 aromatic carbocycles. The first kappa shape index (κ1) is 44.1. The normalized spacial score (nSPS) is 18.4. The van der Waals surface area contributed by atoms with Crippen LogP contribution in [0.25, 0.3) is 6.08 Å². The third kappa shape index (κ3) is 12.1. The Morgan fingerprint density at radius 1 is 0.855 bits per heavy atom. The number of nitrogens with one attached hydrogen (secondary N) is 2. The standard InChI is InChI=1S/C48H59N9O5/c58-44(21-17-37-13-11-25-49-34-37)50-26-8-7-12-36-23-28-56(29-24-36)48(62)41-18-20-43(53-52-41)55-32-30-54(31-33-55)27-9-5-3-1-2-4-6-14-38-15-10-16-39-40(38)35-57(47(39)61)42-19-22-45(59)51-46(42)60/h10-11,13,15-18,20-21,25,34,36,42H,1-5,7-9,12,19,22-24,26-33,35H2,(H,50,58)(H,51,59,60)/b21-17+. The second kappa shape index (κ2) is 22.2. The quantitative estimate of drug-likeness (QED) is 0.0820. The number of piperidine rings is 2. The summed E-state index contributed by atoms with van der Waals surface area (Å²) in [5.41, 5.74) is 3.60. The van der Waals surface area contributed by atoms with E-state index in [1.165, 1.54) is 19.3 Å². The fourth-order valence-corrected chi connectivity index (χ4v) is 8.81. The molecule has 1 unspecified atom stereocenters. The van der Waals surface area contributed by atoms with E-state index in [0.717, 1.165) is 120 Å². The van der Waals surface area contributed by atoms with Gasteiger partial charge in [0, 0.05) is 94.8 Å². The van der Waals surface area contributed by atoms with Gasteiger partial charge in [-0.2, -0.15) is 0 Å². The lowest BCUT2D eigenvalue weighted by molar-refractivity contribution is -0.137. The van der Waals surface area contributed by atoms with Crippen LogP contribution in [0.2, 0.25) is 0 Å². The molecule has 1 atom stereocenters. The molecule has 3 saturated heterocycles. The number of imide groups is 1. The summed E-state index contributed by atoms with van der Waals surface area (Å²) in [7, 11) is 0. The third-order valence-electron chi connectivity index (χ3n) is 12.5. The van der Waals surface area contributed by atoms with E-state index >= 15 is 0 Å². The Balaban J connectivity index is 0.715. The van der Waals surface area contributed by atoms with Gasteiger partial charge in [0.2, 0.25) is 17.7 Å². The molecule has 0 radical (unpaired) electrons. The van der Waals surface area contributed by atoms with Crippen LogP contribution in [0.1, 0.15) is 121 Å². The van der Waals surface area contributed by atoms with Crippen molar-refractivity contribution in [3.63, 3.8) is 0 Å². The number of carbonyl (C=O) groups excluding carboxylic acids is 5. The summed E-state index contributed by atoms with van der Waals surface area (Å²) in [6.45, 7) is 7.28. The third-order valence-corrected chi connectivity index (χ3v) is 12.5. The Kier molecular flexibility index (Phi) is 15.8. The van der Waals surface area contributed by atoms with Gasteiger partial charge >= 0.3 is 0 Å². The summed E-state index contributed by atoms with van der Waals surface area (Å²) in [6.07, 6.45) is 18.9. The van der Waals surface area contributed by atoms with Gasteiger partial charge in [0.1, 0.15) is 6.04 Å². The minimum absolute atomic E-state index is 0.0438. The van der Waals surface area contributed by atoms with Gasteiger partial charge in [0.05, 0.1) is 0 Å². The first-order valence-electron chi connectivity index (χ1n) is 22.5. The van der Waals surface area contributed by atoms with Gasteiger partial charge in [-0.25, -0.2) is 0 Å². The summed E-state index contributed by atoms with van der Waals surface area (Å²) in [5, 5.41) is 14.1. The molecule has 5 amide bonds. The number of nitrogens with zero attached hydrogens (tertiary/aromatic N) is 7. The van der Waals surface area contributed by atoms with Gasteiger partial charge in [-0.1, -0.05) is 56.1 Å². The Morgan fingerprint density at radius 3 is 2.45 bits per heavy atom. The van der Waals surface area contributed by atoms with Crippen LogP contribution in [0.5, 0.6) is 0 Å². The topological polar surface area (TPSA) is 161 Å². The number of hydrogen-bond donors (Lipinski definition) is 2. The summed E-state index contributed by atoms with van der Waals surface area (Å²) < 4.78 is 0.